The van der Waals surface area contributed by atoms with Gasteiger partial charge < -0.3 is 11.1 Å². The number of nitrogens with two attached hydrogens (primary N) is 1. The van der Waals surface area contributed by atoms with Gasteiger partial charge in [-0.1, -0.05) is 6.42 Å². The van der Waals surface area contributed by atoms with Gasteiger partial charge in [0.05, 0.1) is 24.2 Å². The van der Waals surface area contributed by atoms with E-state index in [2.05, 4.69) is 21.5 Å². The minimum Gasteiger partial charge on any atom is -0.352 e. The Hall–Kier alpha value is -2.74. The maximum absolute atomic E-state index is 12.7. The predicted molar refractivity (Wildman–Crippen MR) is 121 cm³/mol. The molecular weight excluding hydrogens is 464 g/mol. The molecular formula is C24H32F4N6O. The molecule has 0 aromatic carbocycles. The van der Waals surface area contributed by atoms with Crippen molar-refractivity contribution in [2.45, 2.75) is 89.1 Å². The van der Waals surface area contributed by atoms with Crippen molar-refractivity contribution in [2.24, 2.45) is 17.6 Å². The molecule has 2 aromatic heterocycles. The monoisotopic (exact) mass is 496 g/mol. The van der Waals surface area contributed by atoms with E-state index in [0.717, 1.165) is 30.5 Å². The second kappa shape index (κ2) is 11.8. The number of rotatable bonds is 5. The fourth-order valence-electron chi connectivity index (χ4n) is 3.91. The highest BCUT2D eigenvalue weighted by molar-refractivity contribution is 5.76. The molecule has 0 radical (unpaired) electrons. The second-order valence-corrected chi connectivity index (χ2v) is 9.53. The summed E-state index contributed by atoms with van der Waals surface area (Å²) in [6.45, 7) is 0.637. The van der Waals surface area contributed by atoms with Crippen molar-refractivity contribution >= 4 is 11.6 Å². The number of fused-ring (bicyclic) bond motifs is 1. The highest BCUT2D eigenvalue weighted by atomic mass is 19.3. The van der Waals surface area contributed by atoms with E-state index in [4.69, 9.17) is 11.0 Å². The molecule has 3 aliphatic rings. The van der Waals surface area contributed by atoms with Crippen molar-refractivity contribution < 1.29 is 22.4 Å². The lowest BCUT2D eigenvalue weighted by Crippen LogP contribution is -2.38. The van der Waals surface area contributed by atoms with Gasteiger partial charge >= 0.3 is 0 Å². The maximum atomic E-state index is 12.7. The van der Waals surface area contributed by atoms with E-state index in [1.165, 1.54) is 0 Å². The van der Waals surface area contributed by atoms with E-state index in [-0.39, 0.29) is 43.9 Å². The van der Waals surface area contributed by atoms with Crippen molar-refractivity contribution in [1.29, 1.82) is 5.26 Å². The molecule has 11 heteroatoms. The first kappa shape index (κ1) is 26.9. The average Bonchev–Trinajstić information content (AvgIpc) is 3.55. The fraction of sp³-hybridized carbons (Fsp3) is 0.667. The highest BCUT2D eigenvalue weighted by Gasteiger charge is 2.45. The number of halogens is 4. The molecule has 192 valence electrons. The lowest BCUT2D eigenvalue weighted by Gasteiger charge is -2.34. The minimum absolute atomic E-state index is 0.118. The van der Waals surface area contributed by atoms with Crippen molar-refractivity contribution in [1.82, 2.24) is 19.9 Å². The summed E-state index contributed by atoms with van der Waals surface area (Å²) in [4.78, 5) is 16.0. The molecule has 2 heterocycles. The van der Waals surface area contributed by atoms with E-state index >= 15 is 0 Å². The van der Waals surface area contributed by atoms with Crippen LogP contribution in [0.4, 0.5) is 17.6 Å². The van der Waals surface area contributed by atoms with Gasteiger partial charge in [-0.15, -0.1) is 0 Å². The summed E-state index contributed by atoms with van der Waals surface area (Å²) in [5, 5.41) is 14.9. The molecule has 2 aromatic rings. The summed E-state index contributed by atoms with van der Waals surface area (Å²) in [6.07, 6.45) is 8.10. The topological polar surface area (TPSA) is 109 Å². The Kier molecular flexibility index (Phi) is 9.05. The third kappa shape index (κ3) is 9.09. The Morgan fingerprint density at radius 2 is 1.86 bits per heavy atom. The maximum Gasteiger partial charge on any atom is 0.248 e. The average molecular weight is 497 g/mol. The van der Waals surface area contributed by atoms with E-state index < -0.39 is 11.8 Å². The van der Waals surface area contributed by atoms with Gasteiger partial charge in [-0.2, -0.15) is 10.4 Å². The Labute approximate surface area is 202 Å². The first-order valence-corrected chi connectivity index (χ1v) is 12.0. The number of carbonyl (C=O) groups excluding carboxylic acids is 1. The van der Waals surface area contributed by atoms with Crippen LogP contribution in [-0.4, -0.2) is 32.4 Å². The molecule has 0 spiro atoms. The standard InChI is InChI=1S/C14H17F2N5O.C6H10F2.C4H5N/c15-14(16)3-9(4-14)2-13(22)18-6-10-1-12-20-11(5-17)8-21(12)19-7-10;7-6(8)4-2-1-3-5-6;5-3-4-1-2-4/h1,7-9H,2-6,17H2,(H,18,22);1-5H2;4H,1-2H2. The van der Waals surface area contributed by atoms with Gasteiger partial charge in [0.15, 0.2) is 5.65 Å². The van der Waals surface area contributed by atoms with Crippen molar-refractivity contribution in [3.8, 4) is 6.07 Å². The minimum atomic E-state index is -2.58. The van der Waals surface area contributed by atoms with Crippen molar-refractivity contribution in [3.05, 3.63) is 29.7 Å². The number of hydrogen-bond donors (Lipinski definition) is 2. The Balaban J connectivity index is 0.000000214. The number of carbonyl (C=O) groups is 1. The number of imidazole rings is 1. The van der Waals surface area contributed by atoms with E-state index in [1.807, 2.05) is 6.07 Å². The third-order valence-electron chi connectivity index (χ3n) is 6.12. The van der Waals surface area contributed by atoms with Crippen LogP contribution < -0.4 is 11.1 Å². The number of nitrogens with one attached hydrogen (secondary N) is 1. The number of hydrogen-bond acceptors (Lipinski definition) is 5. The summed E-state index contributed by atoms with van der Waals surface area (Å²) < 4.78 is 51.4. The van der Waals surface area contributed by atoms with Crippen LogP contribution in [0.15, 0.2) is 18.5 Å². The van der Waals surface area contributed by atoms with Gasteiger partial charge in [-0.25, -0.2) is 27.1 Å². The normalized spacial score (nSPS) is 20.3. The van der Waals surface area contributed by atoms with Gasteiger partial charge in [0.2, 0.25) is 17.8 Å². The summed E-state index contributed by atoms with van der Waals surface area (Å²) in [6, 6.07) is 3.95. The SMILES string of the molecule is FC1(F)CCCCC1.N#CC1CC1.NCc1cn2ncc(CNC(=O)CC3CC(F)(F)C3)cc2n1. The van der Waals surface area contributed by atoms with Crippen LogP contribution in [0.25, 0.3) is 5.65 Å². The molecule has 0 atom stereocenters. The number of nitriles is 1. The number of aromatic nitrogens is 3. The smallest absolute Gasteiger partial charge is 0.248 e. The summed E-state index contributed by atoms with van der Waals surface area (Å²) in [7, 11) is 0. The first-order chi connectivity index (χ1) is 16.6. The zero-order valence-electron chi connectivity index (χ0n) is 19.7. The van der Waals surface area contributed by atoms with Crippen LogP contribution >= 0.6 is 0 Å². The number of amides is 1. The second-order valence-electron chi connectivity index (χ2n) is 9.53. The van der Waals surface area contributed by atoms with Gasteiger partial charge in [-0.05, 0) is 43.2 Å². The summed E-state index contributed by atoms with van der Waals surface area (Å²) in [5.74, 6) is -4.89. The van der Waals surface area contributed by atoms with Crippen LogP contribution in [0, 0.1) is 23.2 Å². The van der Waals surface area contributed by atoms with Gasteiger partial charge in [0.25, 0.3) is 0 Å². The molecule has 3 aliphatic carbocycles. The summed E-state index contributed by atoms with van der Waals surface area (Å²) >= 11 is 0. The molecule has 35 heavy (non-hydrogen) atoms. The quantitative estimate of drug-likeness (QED) is 0.581. The van der Waals surface area contributed by atoms with Crippen molar-refractivity contribution in [2.75, 3.05) is 0 Å². The molecule has 0 saturated heterocycles. The largest absolute Gasteiger partial charge is 0.352 e. The van der Waals surface area contributed by atoms with Crippen LogP contribution in [0.1, 0.15) is 75.5 Å². The predicted octanol–water partition coefficient (Wildman–Crippen LogP) is 4.75. The van der Waals surface area contributed by atoms with Gasteiger partial charge in [-0.3, -0.25) is 4.79 Å². The van der Waals surface area contributed by atoms with Crippen LogP contribution in [0.5, 0.6) is 0 Å². The lowest BCUT2D eigenvalue weighted by molar-refractivity contribution is -0.133. The molecule has 3 saturated carbocycles. The number of alkyl halides is 4. The zero-order valence-corrected chi connectivity index (χ0v) is 19.7. The van der Waals surface area contributed by atoms with Crippen LogP contribution in [0.2, 0.25) is 0 Å². The highest BCUT2D eigenvalue weighted by Crippen LogP contribution is 2.43. The zero-order chi connectivity index (χ0) is 25.5. The van der Waals surface area contributed by atoms with Crippen molar-refractivity contribution in [3.63, 3.8) is 0 Å². The molecule has 1 amide bonds. The van der Waals surface area contributed by atoms with E-state index in [9.17, 15) is 22.4 Å². The summed E-state index contributed by atoms with van der Waals surface area (Å²) in [5.41, 5.74) is 7.71. The molecule has 5 rings (SSSR count). The van der Waals surface area contributed by atoms with Gasteiger partial charge in [0.1, 0.15) is 0 Å². The molecule has 3 N–H and O–H groups in total. The molecule has 7 nitrogen and oxygen atoms in total. The Bertz CT molecular complexity index is 1010. The van der Waals surface area contributed by atoms with E-state index in [1.54, 1.807) is 16.9 Å². The van der Waals surface area contributed by atoms with Crippen LogP contribution in [-0.2, 0) is 17.9 Å². The fourth-order valence-corrected chi connectivity index (χ4v) is 3.91. The molecule has 0 aliphatic heterocycles. The molecule has 0 unspecified atom stereocenters. The molecule has 0 bridgehead atoms. The first-order valence-electron chi connectivity index (χ1n) is 12.0. The Morgan fingerprint density at radius 3 is 2.34 bits per heavy atom. The van der Waals surface area contributed by atoms with Crippen LogP contribution in [0.3, 0.4) is 0 Å². The molecule has 3 fully saturated rings. The Morgan fingerprint density at radius 1 is 1.17 bits per heavy atom. The van der Waals surface area contributed by atoms with E-state index in [0.29, 0.717) is 37.5 Å². The lowest BCUT2D eigenvalue weighted by atomic mass is 9.79. The number of nitrogens with zero attached hydrogens (tertiary/aromatic N) is 4. The van der Waals surface area contributed by atoms with Gasteiger partial charge in [0, 0.05) is 51.1 Å². The third-order valence-corrected chi connectivity index (χ3v) is 6.12.